The molecule has 1 aromatic rings. The molecule has 0 atom stereocenters. The molecule has 0 aromatic heterocycles. The summed E-state index contributed by atoms with van der Waals surface area (Å²) in [5, 5.41) is 0.565. The second-order valence-electron chi connectivity index (χ2n) is 3.30. The Morgan fingerprint density at radius 3 is 2.71 bits per heavy atom. The lowest BCUT2D eigenvalue weighted by Crippen LogP contribution is -2.35. The molecule has 0 unspecified atom stereocenters. The molecule has 1 rings (SSSR count). The first-order chi connectivity index (χ1) is 7.65. The van der Waals surface area contributed by atoms with E-state index >= 15 is 0 Å². The average Bonchev–Trinajstić information content (AvgIpc) is 2.30. The van der Waals surface area contributed by atoms with Gasteiger partial charge in [-0.1, -0.05) is 23.7 Å². The fourth-order valence-electron chi connectivity index (χ4n) is 1.13. The Morgan fingerprint density at radius 2 is 2.12 bits per heavy atom. The van der Waals surface area contributed by atoms with Crippen molar-refractivity contribution in [2.75, 3.05) is 26.7 Å². The second kappa shape index (κ2) is 8.17. The standard InChI is InChI=1S/C11H15ClN2O2.ClH/c1-14(11(15)8-13)6-7-16-10-5-3-2-4-9(10)12;/h2-5H,6-8,13H2,1H3;1H. The van der Waals surface area contributed by atoms with E-state index in [1.54, 1.807) is 19.2 Å². The van der Waals surface area contributed by atoms with E-state index in [0.29, 0.717) is 23.9 Å². The maximum absolute atomic E-state index is 11.1. The molecule has 1 amide bonds. The third-order valence-corrected chi connectivity index (χ3v) is 2.43. The van der Waals surface area contributed by atoms with E-state index in [2.05, 4.69) is 0 Å². The third kappa shape index (κ3) is 5.26. The van der Waals surface area contributed by atoms with E-state index in [1.165, 1.54) is 4.90 Å². The quantitative estimate of drug-likeness (QED) is 0.889. The summed E-state index contributed by atoms with van der Waals surface area (Å²) in [6.45, 7) is 0.899. The average molecular weight is 279 g/mol. The minimum absolute atomic E-state index is 0. The summed E-state index contributed by atoms with van der Waals surface area (Å²) in [5.41, 5.74) is 5.23. The number of hydrogen-bond acceptors (Lipinski definition) is 3. The van der Waals surface area contributed by atoms with Gasteiger partial charge in [-0.25, -0.2) is 0 Å². The van der Waals surface area contributed by atoms with Crippen molar-refractivity contribution in [3.8, 4) is 5.75 Å². The summed E-state index contributed by atoms with van der Waals surface area (Å²) in [5.74, 6) is 0.514. The number of para-hydroxylation sites is 1. The van der Waals surface area contributed by atoms with Crippen molar-refractivity contribution in [1.82, 2.24) is 4.90 Å². The molecular weight excluding hydrogens is 263 g/mol. The van der Waals surface area contributed by atoms with Gasteiger partial charge in [0, 0.05) is 7.05 Å². The zero-order valence-electron chi connectivity index (χ0n) is 9.56. The molecule has 0 saturated carbocycles. The first-order valence-corrected chi connectivity index (χ1v) is 5.34. The van der Waals surface area contributed by atoms with Crippen molar-refractivity contribution in [3.63, 3.8) is 0 Å². The summed E-state index contributed by atoms with van der Waals surface area (Å²) in [4.78, 5) is 12.7. The van der Waals surface area contributed by atoms with E-state index < -0.39 is 0 Å². The van der Waals surface area contributed by atoms with Crippen LogP contribution in [0, 0.1) is 0 Å². The van der Waals surface area contributed by atoms with Crippen molar-refractivity contribution in [1.29, 1.82) is 0 Å². The molecule has 0 saturated heterocycles. The van der Waals surface area contributed by atoms with Crippen LogP contribution in [0.25, 0.3) is 0 Å². The number of benzene rings is 1. The highest BCUT2D eigenvalue weighted by Gasteiger charge is 2.06. The fourth-order valence-corrected chi connectivity index (χ4v) is 1.33. The van der Waals surface area contributed by atoms with Gasteiger partial charge >= 0.3 is 0 Å². The smallest absolute Gasteiger partial charge is 0.236 e. The number of nitrogens with zero attached hydrogens (tertiary/aromatic N) is 1. The van der Waals surface area contributed by atoms with Gasteiger partial charge in [-0.15, -0.1) is 12.4 Å². The van der Waals surface area contributed by atoms with Gasteiger partial charge in [0.1, 0.15) is 12.4 Å². The van der Waals surface area contributed by atoms with Crippen molar-refractivity contribution >= 4 is 29.9 Å². The molecule has 17 heavy (non-hydrogen) atoms. The summed E-state index contributed by atoms with van der Waals surface area (Å²) in [6.07, 6.45) is 0. The second-order valence-corrected chi connectivity index (χ2v) is 3.71. The van der Waals surface area contributed by atoms with Crippen LogP contribution in [0.3, 0.4) is 0 Å². The summed E-state index contributed by atoms with van der Waals surface area (Å²) >= 11 is 5.90. The van der Waals surface area contributed by atoms with E-state index in [-0.39, 0.29) is 24.9 Å². The van der Waals surface area contributed by atoms with Gasteiger partial charge in [0.25, 0.3) is 0 Å². The predicted molar refractivity (Wildman–Crippen MR) is 70.9 cm³/mol. The molecule has 2 N–H and O–H groups in total. The number of halogens is 2. The van der Waals surface area contributed by atoms with Gasteiger partial charge in [0.2, 0.25) is 5.91 Å². The Bertz CT molecular complexity index is 361. The third-order valence-electron chi connectivity index (χ3n) is 2.12. The number of rotatable bonds is 5. The van der Waals surface area contributed by atoms with Crippen LogP contribution in [0.2, 0.25) is 5.02 Å². The molecule has 0 bridgehead atoms. The molecule has 0 aliphatic carbocycles. The molecule has 1 aromatic carbocycles. The summed E-state index contributed by atoms with van der Waals surface area (Å²) in [6, 6.07) is 7.22. The predicted octanol–water partition coefficient (Wildman–Crippen LogP) is 1.56. The van der Waals surface area contributed by atoms with Crippen LogP contribution in [-0.2, 0) is 4.79 Å². The van der Waals surface area contributed by atoms with Crippen LogP contribution in [0.15, 0.2) is 24.3 Å². The van der Waals surface area contributed by atoms with E-state index in [1.807, 2.05) is 12.1 Å². The molecule has 4 nitrogen and oxygen atoms in total. The number of nitrogens with two attached hydrogens (primary N) is 1. The van der Waals surface area contributed by atoms with Crippen molar-refractivity contribution in [2.45, 2.75) is 0 Å². The molecule has 0 fully saturated rings. The SMILES string of the molecule is CN(CCOc1ccccc1Cl)C(=O)CN.Cl. The number of carbonyl (C=O) groups is 1. The van der Waals surface area contributed by atoms with Gasteiger partial charge in [0.15, 0.2) is 0 Å². The molecule has 0 spiro atoms. The van der Waals surface area contributed by atoms with Crippen molar-refractivity contribution < 1.29 is 9.53 Å². The first kappa shape index (κ1) is 16.0. The van der Waals surface area contributed by atoms with E-state index in [9.17, 15) is 4.79 Å². The number of carbonyl (C=O) groups excluding carboxylic acids is 1. The highest BCUT2D eigenvalue weighted by atomic mass is 35.5. The van der Waals surface area contributed by atoms with Gasteiger partial charge in [-0.2, -0.15) is 0 Å². The molecule has 0 radical (unpaired) electrons. The molecular formula is C11H16Cl2N2O2. The largest absolute Gasteiger partial charge is 0.490 e. The number of hydrogen-bond donors (Lipinski definition) is 1. The van der Waals surface area contributed by atoms with Crippen molar-refractivity contribution in [2.24, 2.45) is 5.73 Å². The van der Waals surface area contributed by atoms with Gasteiger partial charge in [0.05, 0.1) is 18.1 Å². The maximum Gasteiger partial charge on any atom is 0.236 e. The monoisotopic (exact) mass is 278 g/mol. The number of amides is 1. The van der Waals surface area contributed by atoms with E-state index in [0.717, 1.165) is 0 Å². The van der Waals surface area contributed by atoms with Crippen LogP contribution in [0.5, 0.6) is 5.75 Å². The van der Waals surface area contributed by atoms with Crippen LogP contribution in [0.1, 0.15) is 0 Å². The lowest BCUT2D eigenvalue weighted by Gasteiger charge is -2.16. The molecule has 6 heteroatoms. The molecule has 0 aliphatic rings. The molecule has 96 valence electrons. The summed E-state index contributed by atoms with van der Waals surface area (Å²) < 4.78 is 5.44. The van der Waals surface area contributed by atoms with Crippen LogP contribution >= 0.6 is 24.0 Å². The lowest BCUT2D eigenvalue weighted by atomic mass is 10.3. The van der Waals surface area contributed by atoms with Crippen LogP contribution < -0.4 is 10.5 Å². The lowest BCUT2D eigenvalue weighted by molar-refractivity contribution is -0.128. The van der Waals surface area contributed by atoms with Gasteiger partial charge < -0.3 is 15.4 Å². The van der Waals surface area contributed by atoms with Crippen LogP contribution in [0.4, 0.5) is 0 Å². The highest BCUT2D eigenvalue weighted by Crippen LogP contribution is 2.22. The minimum Gasteiger partial charge on any atom is -0.490 e. The molecule has 0 aliphatic heterocycles. The van der Waals surface area contributed by atoms with E-state index in [4.69, 9.17) is 22.1 Å². The minimum atomic E-state index is -0.109. The normalized spacial score (nSPS) is 9.35. The Morgan fingerprint density at radius 1 is 1.47 bits per heavy atom. The Hall–Kier alpha value is -0.970. The molecule has 0 heterocycles. The fraction of sp³-hybridized carbons (Fsp3) is 0.364. The van der Waals surface area contributed by atoms with Crippen molar-refractivity contribution in [3.05, 3.63) is 29.3 Å². The zero-order valence-corrected chi connectivity index (χ0v) is 11.1. The Balaban J connectivity index is 0.00000256. The highest BCUT2D eigenvalue weighted by molar-refractivity contribution is 6.32. The zero-order chi connectivity index (χ0) is 12.0. The van der Waals surface area contributed by atoms with Crippen LogP contribution in [-0.4, -0.2) is 37.6 Å². The number of ether oxygens (including phenoxy) is 1. The van der Waals surface area contributed by atoms with Gasteiger partial charge in [-0.3, -0.25) is 4.79 Å². The Labute approximate surface area is 112 Å². The maximum atomic E-state index is 11.1. The number of likely N-dealkylation sites (N-methyl/N-ethyl adjacent to an activating group) is 1. The first-order valence-electron chi connectivity index (χ1n) is 4.96. The Kier molecular flexibility index (Phi) is 7.70. The van der Waals surface area contributed by atoms with Gasteiger partial charge in [-0.05, 0) is 12.1 Å². The summed E-state index contributed by atoms with van der Waals surface area (Å²) in [7, 11) is 1.69. The topological polar surface area (TPSA) is 55.6 Å².